The molecule has 1 aliphatic rings. The van der Waals surface area contributed by atoms with E-state index in [9.17, 15) is 14.7 Å². The summed E-state index contributed by atoms with van der Waals surface area (Å²) in [5.41, 5.74) is 1.12. The molecule has 126 valence electrons. The van der Waals surface area contributed by atoms with E-state index >= 15 is 0 Å². The molecule has 1 unspecified atom stereocenters. The van der Waals surface area contributed by atoms with E-state index in [2.05, 4.69) is 6.72 Å². The maximum Gasteiger partial charge on any atom is 0.326 e. The normalized spacial score (nSPS) is 18.2. The van der Waals surface area contributed by atoms with Crippen LogP contribution in [0.15, 0.2) is 30.3 Å². The summed E-state index contributed by atoms with van der Waals surface area (Å²) in [7, 11) is 0. The van der Waals surface area contributed by atoms with Gasteiger partial charge < -0.3 is 15.4 Å². The Morgan fingerprint density at radius 2 is 1.91 bits per heavy atom. The second kappa shape index (κ2) is 9.08. The summed E-state index contributed by atoms with van der Waals surface area (Å²) >= 11 is 0. The number of hydrogen-bond acceptors (Lipinski definition) is 3. The molecule has 0 spiro atoms. The van der Waals surface area contributed by atoms with Gasteiger partial charge >= 0.3 is 5.97 Å². The molecule has 0 aromatic heterocycles. The largest absolute Gasteiger partial charge is 0.480 e. The Kier molecular flexibility index (Phi) is 7.45. The van der Waals surface area contributed by atoms with Gasteiger partial charge in [0.2, 0.25) is 5.91 Å². The van der Waals surface area contributed by atoms with Gasteiger partial charge in [0.25, 0.3) is 0 Å². The second-order valence-electron chi connectivity index (χ2n) is 6.07. The number of carboxylic acid groups (broad SMARTS) is 1. The topological polar surface area (TPSA) is 81.5 Å². The van der Waals surface area contributed by atoms with Crippen molar-refractivity contribution in [2.24, 2.45) is 11.8 Å². The Bertz CT molecular complexity index is 516. The lowest BCUT2D eigenvalue weighted by Crippen LogP contribution is -2.45. The van der Waals surface area contributed by atoms with Gasteiger partial charge in [0.1, 0.15) is 6.04 Å². The first-order chi connectivity index (χ1) is 11.0. The highest BCUT2D eigenvalue weighted by atomic mass is 16.4. The molecule has 1 heterocycles. The number of carboxylic acids is 1. The molecule has 1 aromatic rings. The quantitative estimate of drug-likeness (QED) is 0.819. The summed E-state index contributed by atoms with van der Waals surface area (Å²) in [6.45, 7) is 7.11. The fourth-order valence-corrected chi connectivity index (χ4v) is 2.98. The van der Waals surface area contributed by atoms with Crippen LogP contribution in [0.2, 0.25) is 0 Å². The molecule has 0 radical (unpaired) electrons. The van der Waals surface area contributed by atoms with Crippen molar-refractivity contribution >= 4 is 18.6 Å². The molecule has 5 nitrogen and oxygen atoms in total. The fraction of sp³-hybridized carbons (Fsp3) is 0.500. The van der Waals surface area contributed by atoms with E-state index in [1.807, 2.05) is 44.2 Å². The summed E-state index contributed by atoms with van der Waals surface area (Å²) in [6.07, 6.45) is 2.01. The summed E-state index contributed by atoms with van der Waals surface area (Å²) < 4.78 is 0. The average Bonchev–Trinajstić information content (AvgIpc) is 3.04. The number of aliphatic carboxylic acids is 1. The van der Waals surface area contributed by atoms with Gasteiger partial charge in [0.05, 0.1) is 0 Å². The number of rotatable bonds is 5. The van der Waals surface area contributed by atoms with Crippen molar-refractivity contribution in [1.82, 2.24) is 4.90 Å². The molecule has 2 rings (SSSR count). The summed E-state index contributed by atoms with van der Waals surface area (Å²) in [5.74, 6) is -0.873. The van der Waals surface area contributed by atoms with Gasteiger partial charge in [-0.15, -0.1) is 0 Å². The van der Waals surface area contributed by atoms with Gasteiger partial charge in [-0.2, -0.15) is 0 Å². The zero-order valence-corrected chi connectivity index (χ0v) is 13.9. The van der Waals surface area contributed by atoms with Crippen LogP contribution < -0.4 is 0 Å². The van der Waals surface area contributed by atoms with E-state index in [1.165, 1.54) is 0 Å². The van der Waals surface area contributed by atoms with Gasteiger partial charge in [-0.1, -0.05) is 44.2 Å². The van der Waals surface area contributed by atoms with Crippen LogP contribution in [0, 0.1) is 17.2 Å². The van der Waals surface area contributed by atoms with Gasteiger partial charge in [0.15, 0.2) is 0 Å². The van der Waals surface area contributed by atoms with Gasteiger partial charge in [0, 0.05) is 12.5 Å². The number of amides is 1. The van der Waals surface area contributed by atoms with Crippen LogP contribution in [0.3, 0.4) is 0 Å². The maximum atomic E-state index is 12.8. The Morgan fingerprint density at radius 3 is 2.43 bits per heavy atom. The summed E-state index contributed by atoms with van der Waals surface area (Å²) in [6, 6.07) is 9.27. The van der Waals surface area contributed by atoms with Crippen molar-refractivity contribution in [3.63, 3.8) is 0 Å². The molecular weight excluding hydrogens is 292 g/mol. The van der Waals surface area contributed by atoms with Crippen LogP contribution in [0.5, 0.6) is 0 Å². The van der Waals surface area contributed by atoms with Crippen molar-refractivity contribution < 1.29 is 14.7 Å². The zero-order chi connectivity index (χ0) is 17.4. The first-order valence-electron chi connectivity index (χ1n) is 7.93. The minimum Gasteiger partial charge on any atom is -0.480 e. The number of benzene rings is 1. The highest BCUT2D eigenvalue weighted by Crippen LogP contribution is 2.25. The number of nitrogens with zero attached hydrogens (tertiary/aromatic N) is 1. The molecule has 2 atom stereocenters. The predicted octanol–water partition coefficient (Wildman–Crippen LogP) is 2.84. The molecule has 1 amide bonds. The number of likely N-dealkylation sites (tertiary alicyclic amines) is 1. The van der Waals surface area contributed by atoms with Crippen LogP contribution in [-0.4, -0.2) is 41.2 Å². The molecular formula is C18H26N2O3. The van der Waals surface area contributed by atoms with Crippen LogP contribution in [0.4, 0.5) is 0 Å². The van der Waals surface area contributed by atoms with E-state index in [1.54, 1.807) is 4.90 Å². The molecule has 23 heavy (non-hydrogen) atoms. The van der Waals surface area contributed by atoms with E-state index in [0.29, 0.717) is 19.4 Å². The van der Waals surface area contributed by atoms with Crippen LogP contribution in [0.1, 0.15) is 32.3 Å². The van der Waals surface area contributed by atoms with Crippen molar-refractivity contribution in [3.05, 3.63) is 35.9 Å². The monoisotopic (exact) mass is 318 g/mol. The van der Waals surface area contributed by atoms with Crippen molar-refractivity contribution in [3.8, 4) is 0 Å². The third-order valence-electron chi connectivity index (χ3n) is 4.24. The number of hydrogen-bond donors (Lipinski definition) is 2. The molecule has 1 aliphatic heterocycles. The number of nitrogens with one attached hydrogen (secondary N) is 1. The van der Waals surface area contributed by atoms with Crippen molar-refractivity contribution in [2.45, 2.75) is 39.2 Å². The Hall–Kier alpha value is -2.17. The van der Waals surface area contributed by atoms with Gasteiger partial charge in [-0.3, -0.25) is 4.79 Å². The molecule has 5 heteroatoms. The lowest BCUT2D eigenvalue weighted by Gasteiger charge is -2.29. The van der Waals surface area contributed by atoms with Crippen LogP contribution in [0.25, 0.3) is 0 Å². The van der Waals surface area contributed by atoms with E-state index < -0.39 is 12.0 Å². The fourth-order valence-electron chi connectivity index (χ4n) is 2.98. The zero-order valence-electron chi connectivity index (χ0n) is 13.9. The first kappa shape index (κ1) is 18.9. The van der Waals surface area contributed by atoms with Gasteiger partial charge in [-0.25, -0.2) is 4.79 Å². The number of carbonyl (C=O) groups is 2. The molecule has 0 saturated carbocycles. The standard InChI is InChI=1S/C17H23NO3.CH3N/c1-12(2)14(11-13-7-4-3-5-8-13)16(19)18-10-6-9-15(18)17(20)21;1-2/h3-5,7-8,12,14-15H,6,9-11H2,1-2H3,(H,20,21);2H,1H2/t14?,15-;/m0./s1. The van der Waals surface area contributed by atoms with Crippen molar-refractivity contribution in [1.29, 1.82) is 5.41 Å². The minimum atomic E-state index is -0.886. The third-order valence-corrected chi connectivity index (χ3v) is 4.24. The molecule has 1 fully saturated rings. The highest BCUT2D eigenvalue weighted by molar-refractivity contribution is 5.86. The molecule has 0 aliphatic carbocycles. The SMILES string of the molecule is C=N.CC(C)C(Cc1ccccc1)C(=O)N1CCC[C@H]1C(=O)O. The Balaban J connectivity index is 0.00000127. The van der Waals surface area contributed by atoms with E-state index in [-0.39, 0.29) is 17.7 Å². The molecule has 1 saturated heterocycles. The minimum absolute atomic E-state index is 0.0150. The predicted molar refractivity (Wildman–Crippen MR) is 90.7 cm³/mol. The second-order valence-corrected chi connectivity index (χ2v) is 6.07. The number of carbonyl (C=O) groups excluding carboxylic acids is 1. The van der Waals surface area contributed by atoms with E-state index in [0.717, 1.165) is 12.0 Å². The Morgan fingerprint density at radius 1 is 1.30 bits per heavy atom. The summed E-state index contributed by atoms with van der Waals surface area (Å²) in [4.78, 5) is 25.6. The Labute approximate surface area is 137 Å². The van der Waals surface area contributed by atoms with E-state index in [4.69, 9.17) is 5.41 Å². The molecule has 2 N–H and O–H groups in total. The third kappa shape index (κ3) is 4.91. The van der Waals surface area contributed by atoms with Crippen LogP contribution >= 0.6 is 0 Å². The first-order valence-corrected chi connectivity index (χ1v) is 7.93. The smallest absolute Gasteiger partial charge is 0.326 e. The average molecular weight is 318 g/mol. The van der Waals surface area contributed by atoms with Gasteiger partial charge in [-0.05, 0) is 37.5 Å². The summed E-state index contributed by atoms with van der Waals surface area (Å²) in [5, 5.41) is 14.7. The molecule has 1 aromatic carbocycles. The molecule has 0 bridgehead atoms. The lowest BCUT2D eigenvalue weighted by molar-refractivity contribution is -0.150. The van der Waals surface area contributed by atoms with Crippen LogP contribution in [-0.2, 0) is 16.0 Å². The lowest BCUT2D eigenvalue weighted by atomic mass is 9.87. The maximum absolute atomic E-state index is 12.8. The van der Waals surface area contributed by atoms with Crippen molar-refractivity contribution in [2.75, 3.05) is 6.54 Å². The highest BCUT2D eigenvalue weighted by Gasteiger charge is 2.37.